The van der Waals surface area contributed by atoms with E-state index in [1.807, 2.05) is 24.3 Å². The summed E-state index contributed by atoms with van der Waals surface area (Å²) in [6.07, 6.45) is 3.52. The van der Waals surface area contributed by atoms with Gasteiger partial charge >= 0.3 is 6.03 Å². The average Bonchev–Trinajstić information content (AvgIpc) is 3.37. The number of nitrogen functional groups attached to an aromatic ring is 1. The highest BCUT2D eigenvalue weighted by molar-refractivity contribution is 6.30. The number of hydrogen-bond donors (Lipinski definition) is 3. The molecule has 2 aromatic heterocycles. The Kier molecular flexibility index (Phi) is 5.91. The van der Waals surface area contributed by atoms with Gasteiger partial charge < -0.3 is 20.6 Å². The molecule has 0 bridgehead atoms. The van der Waals surface area contributed by atoms with Crippen molar-refractivity contribution in [1.29, 1.82) is 0 Å². The highest BCUT2D eigenvalue weighted by Gasteiger charge is 2.39. The maximum atomic E-state index is 13.5. The average molecular weight is 476 g/mol. The molecule has 4 aromatic rings. The first-order valence-corrected chi connectivity index (χ1v) is 11.2. The quantitative estimate of drug-likeness (QED) is 0.365. The van der Waals surface area contributed by atoms with Crippen molar-refractivity contribution in [2.45, 2.75) is 25.0 Å². The Morgan fingerprint density at radius 3 is 2.65 bits per heavy atom. The van der Waals surface area contributed by atoms with Crippen LogP contribution in [-0.2, 0) is 0 Å². The summed E-state index contributed by atoms with van der Waals surface area (Å²) in [5.41, 5.74) is 9.34. The van der Waals surface area contributed by atoms with Gasteiger partial charge in [0.05, 0.1) is 29.7 Å². The van der Waals surface area contributed by atoms with Crippen molar-refractivity contribution < 1.29 is 14.3 Å². The first-order valence-electron chi connectivity index (χ1n) is 10.8. The van der Waals surface area contributed by atoms with Crippen LogP contribution in [0.2, 0.25) is 5.02 Å². The van der Waals surface area contributed by atoms with Gasteiger partial charge in [0, 0.05) is 21.8 Å². The number of oxazole rings is 1. The number of aliphatic hydroxyl groups is 1. The molecular formula is C25H22ClN5O3. The van der Waals surface area contributed by atoms with Gasteiger partial charge in [-0.3, -0.25) is 4.90 Å². The van der Waals surface area contributed by atoms with Crippen LogP contribution in [0.1, 0.15) is 12.8 Å². The summed E-state index contributed by atoms with van der Waals surface area (Å²) in [7, 11) is 0. The van der Waals surface area contributed by atoms with Crippen LogP contribution in [0.5, 0.6) is 0 Å². The van der Waals surface area contributed by atoms with Gasteiger partial charge in [0.15, 0.2) is 18.0 Å². The molecule has 1 fully saturated rings. The third kappa shape index (κ3) is 4.33. The number of benzene rings is 2. The third-order valence-electron chi connectivity index (χ3n) is 5.84. The maximum Gasteiger partial charge on any atom is 0.327 e. The first-order chi connectivity index (χ1) is 16.5. The third-order valence-corrected chi connectivity index (χ3v) is 6.07. The standard InChI is InChI=1S/C25H22ClN5O3/c26-17-5-1-3-15(11-17)20-8-7-19(27)24(30-20)31(21-9-10-22(21)32)25(33)29-18-6-2-4-16(12-18)23-13-28-14-34-23/h1-8,11-14,21-22,32H,9-10,27H2,(H,29,33)/t21?,22-/m1/s1. The molecule has 172 valence electrons. The lowest BCUT2D eigenvalue weighted by Gasteiger charge is -2.41. The van der Waals surface area contributed by atoms with Gasteiger partial charge in [-0.05, 0) is 49.2 Å². The van der Waals surface area contributed by atoms with Crippen LogP contribution in [0.25, 0.3) is 22.6 Å². The number of carbonyl (C=O) groups is 1. The van der Waals surface area contributed by atoms with E-state index < -0.39 is 18.2 Å². The lowest BCUT2D eigenvalue weighted by Crippen LogP contribution is -2.55. The Bertz CT molecular complexity index is 1330. The van der Waals surface area contributed by atoms with Crippen LogP contribution in [0.3, 0.4) is 0 Å². The molecule has 0 saturated heterocycles. The molecule has 2 heterocycles. The van der Waals surface area contributed by atoms with Crippen LogP contribution in [-0.4, -0.2) is 33.3 Å². The number of nitrogens with zero attached hydrogens (tertiary/aromatic N) is 3. The van der Waals surface area contributed by atoms with Gasteiger partial charge in [0.1, 0.15) is 0 Å². The number of pyridine rings is 1. The SMILES string of the molecule is Nc1ccc(-c2cccc(Cl)c2)nc1N(C(=O)Nc1cccc(-c2cnco2)c1)C1CC[C@H]1O. The van der Waals surface area contributed by atoms with Crippen LogP contribution >= 0.6 is 11.6 Å². The highest BCUT2D eigenvalue weighted by atomic mass is 35.5. The first kappa shape index (κ1) is 21.9. The number of aromatic nitrogens is 2. The molecule has 5 rings (SSSR count). The molecule has 0 radical (unpaired) electrons. The fourth-order valence-corrected chi connectivity index (χ4v) is 4.11. The van der Waals surface area contributed by atoms with E-state index in [9.17, 15) is 9.90 Å². The van der Waals surface area contributed by atoms with E-state index in [4.69, 9.17) is 21.8 Å². The van der Waals surface area contributed by atoms with Crippen LogP contribution in [0.15, 0.2) is 77.7 Å². The fraction of sp³-hybridized carbons (Fsp3) is 0.160. The zero-order chi connectivity index (χ0) is 23.7. The molecule has 4 N–H and O–H groups in total. The monoisotopic (exact) mass is 475 g/mol. The summed E-state index contributed by atoms with van der Waals surface area (Å²) in [5.74, 6) is 0.868. The molecule has 1 aliphatic rings. The molecular weight excluding hydrogens is 454 g/mol. The number of urea groups is 1. The Labute approximate surface area is 201 Å². The Morgan fingerprint density at radius 2 is 1.94 bits per heavy atom. The molecule has 2 aromatic carbocycles. The summed E-state index contributed by atoms with van der Waals surface area (Å²) in [5, 5.41) is 13.9. The molecule has 1 aliphatic carbocycles. The smallest absolute Gasteiger partial charge is 0.327 e. The van der Waals surface area contributed by atoms with E-state index in [0.717, 1.165) is 11.1 Å². The van der Waals surface area contributed by atoms with Gasteiger partial charge in [-0.2, -0.15) is 0 Å². The summed E-state index contributed by atoms with van der Waals surface area (Å²) >= 11 is 6.15. The van der Waals surface area contributed by atoms with Gasteiger partial charge in [0.25, 0.3) is 0 Å². The zero-order valence-corrected chi connectivity index (χ0v) is 18.8. The second kappa shape index (κ2) is 9.17. The van der Waals surface area contributed by atoms with Gasteiger partial charge in [0.2, 0.25) is 0 Å². The number of nitrogens with one attached hydrogen (secondary N) is 1. The summed E-state index contributed by atoms with van der Waals surface area (Å²) in [6.45, 7) is 0. The van der Waals surface area contributed by atoms with E-state index in [1.165, 1.54) is 11.3 Å². The molecule has 1 saturated carbocycles. The normalized spacial score (nSPS) is 17.1. The van der Waals surface area contributed by atoms with E-state index >= 15 is 0 Å². The van der Waals surface area contributed by atoms with Crippen LogP contribution < -0.4 is 16.0 Å². The van der Waals surface area contributed by atoms with Crippen LogP contribution in [0.4, 0.5) is 22.0 Å². The number of halogens is 1. The molecule has 0 spiro atoms. The maximum absolute atomic E-state index is 13.5. The topological polar surface area (TPSA) is 118 Å². The predicted molar refractivity (Wildman–Crippen MR) is 132 cm³/mol. The molecule has 2 amide bonds. The zero-order valence-electron chi connectivity index (χ0n) is 18.1. The second-order valence-electron chi connectivity index (χ2n) is 8.08. The predicted octanol–water partition coefficient (Wildman–Crippen LogP) is 5.20. The fourth-order valence-electron chi connectivity index (χ4n) is 3.92. The lowest BCUT2D eigenvalue weighted by atomic mass is 9.87. The van der Waals surface area contributed by atoms with Crippen molar-refractivity contribution in [2.24, 2.45) is 0 Å². The number of rotatable bonds is 5. The Hall–Kier alpha value is -3.88. The van der Waals surface area contributed by atoms with Gasteiger partial charge in [-0.1, -0.05) is 35.9 Å². The van der Waals surface area contributed by atoms with E-state index in [0.29, 0.717) is 40.7 Å². The number of hydrogen-bond acceptors (Lipinski definition) is 6. The molecule has 1 unspecified atom stereocenters. The van der Waals surface area contributed by atoms with E-state index in [2.05, 4.69) is 15.3 Å². The molecule has 0 aliphatic heterocycles. The molecule has 2 atom stereocenters. The van der Waals surface area contributed by atoms with E-state index in [-0.39, 0.29) is 5.82 Å². The summed E-state index contributed by atoms with van der Waals surface area (Å²) in [4.78, 5) is 23.6. The minimum absolute atomic E-state index is 0.283. The van der Waals surface area contributed by atoms with Crippen LogP contribution in [0, 0.1) is 0 Å². The number of aliphatic hydroxyl groups excluding tert-OH is 1. The summed E-state index contributed by atoms with van der Waals surface area (Å²) < 4.78 is 5.35. The van der Waals surface area contributed by atoms with Crippen molar-refractivity contribution in [2.75, 3.05) is 16.0 Å². The van der Waals surface area contributed by atoms with Crippen molar-refractivity contribution in [3.63, 3.8) is 0 Å². The van der Waals surface area contributed by atoms with Crippen molar-refractivity contribution in [3.8, 4) is 22.6 Å². The minimum Gasteiger partial charge on any atom is -0.444 e. The lowest BCUT2D eigenvalue weighted by molar-refractivity contribution is 0.0676. The summed E-state index contributed by atoms with van der Waals surface area (Å²) in [6, 6.07) is 17.1. The number of anilines is 3. The minimum atomic E-state index is -0.665. The number of amides is 2. The van der Waals surface area contributed by atoms with Gasteiger partial charge in [-0.15, -0.1) is 0 Å². The Morgan fingerprint density at radius 1 is 1.12 bits per heavy atom. The molecule has 8 nitrogen and oxygen atoms in total. The number of nitrogens with two attached hydrogens (primary N) is 1. The van der Waals surface area contributed by atoms with Crippen molar-refractivity contribution in [3.05, 3.63) is 78.3 Å². The van der Waals surface area contributed by atoms with Gasteiger partial charge in [-0.25, -0.2) is 14.8 Å². The van der Waals surface area contributed by atoms with Crippen molar-refractivity contribution in [1.82, 2.24) is 9.97 Å². The largest absolute Gasteiger partial charge is 0.444 e. The highest BCUT2D eigenvalue weighted by Crippen LogP contribution is 2.35. The van der Waals surface area contributed by atoms with Crippen molar-refractivity contribution >= 4 is 34.8 Å². The van der Waals surface area contributed by atoms with E-state index in [1.54, 1.807) is 42.6 Å². The molecule has 9 heteroatoms. The second-order valence-corrected chi connectivity index (χ2v) is 8.51. The Balaban J connectivity index is 1.49. The number of carbonyl (C=O) groups excluding carboxylic acids is 1. The molecule has 34 heavy (non-hydrogen) atoms.